The summed E-state index contributed by atoms with van der Waals surface area (Å²) in [5.41, 5.74) is 0. The second kappa shape index (κ2) is 13.6. The molecule has 0 aliphatic rings. The SMILES string of the molecule is C=CCC(CC=C)CCC[NH2+]CC(CC)C(=O)O.[Cl-]. The largest absolute Gasteiger partial charge is 1.00 e. The number of hydrogen-bond donors (Lipinski definition) is 2. The molecule has 112 valence electrons. The Hall–Kier alpha value is -0.800. The molecule has 0 radical (unpaired) electrons. The molecule has 0 amide bonds. The second-order valence-electron chi connectivity index (χ2n) is 4.81. The fraction of sp³-hybridized carbons (Fsp3) is 0.667. The molecule has 0 aliphatic carbocycles. The van der Waals surface area contributed by atoms with E-state index in [4.69, 9.17) is 5.11 Å². The van der Waals surface area contributed by atoms with Crippen LogP contribution in [0.4, 0.5) is 0 Å². The molecule has 0 aromatic carbocycles. The van der Waals surface area contributed by atoms with Gasteiger partial charge in [-0.1, -0.05) is 19.1 Å². The minimum atomic E-state index is -0.676. The van der Waals surface area contributed by atoms with E-state index in [0.29, 0.717) is 18.9 Å². The van der Waals surface area contributed by atoms with E-state index in [-0.39, 0.29) is 18.3 Å². The fourth-order valence-electron chi connectivity index (χ4n) is 2.12. The Morgan fingerprint density at radius 1 is 1.32 bits per heavy atom. The minimum Gasteiger partial charge on any atom is -1.00 e. The first-order valence-electron chi connectivity index (χ1n) is 6.91. The summed E-state index contributed by atoms with van der Waals surface area (Å²) in [6.45, 7) is 11.2. The summed E-state index contributed by atoms with van der Waals surface area (Å²) in [7, 11) is 0. The van der Waals surface area contributed by atoms with Gasteiger partial charge in [0.15, 0.2) is 0 Å². The monoisotopic (exact) mass is 289 g/mol. The first-order valence-corrected chi connectivity index (χ1v) is 6.91. The molecule has 0 aliphatic heterocycles. The van der Waals surface area contributed by atoms with Crippen molar-refractivity contribution in [2.24, 2.45) is 11.8 Å². The van der Waals surface area contributed by atoms with Crippen molar-refractivity contribution in [2.45, 2.75) is 39.0 Å². The zero-order valence-corrected chi connectivity index (χ0v) is 12.7. The zero-order chi connectivity index (χ0) is 13.8. The lowest BCUT2D eigenvalue weighted by Gasteiger charge is -2.12. The number of carboxylic acid groups (broad SMARTS) is 1. The molecule has 3 N–H and O–H groups in total. The van der Waals surface area contributed by atoms with E-state index >= 15 is 0 Å². The summed E-state index contributed by atoms with van der Waals surface area (Å²) in [4.78, 5) is 10.8. The Morgan fingerprint density at radius 3 is 2.32 bits per heavy atom. The van der Waals surface area contributed by atoms with E-state index in [2.05, 4.69) is 18.5 Å². The van der Waals surface area contributed by atoms with Gasteiger partial charge in [0.2, 0.25) is 0 Å². The number of halogens is 1. The van der Waals surface area contributed by atoms with Gasteiger partial charge in [0.1, 0.15) is 5.92 Å². The van der Waals surface area contributed by atoms with Gasteiger partial charge < -0.3 is 22.8 Å². The Labute approximate surface area is 123 Å². The topological polar surface area (TPSA) is 53.9 Å². The second-order valence-corrected chi connectivity index (χ2v) is 4.81. The highest BCUT2D eigenvalue weighted by atomic mass is 35.5. The van der Waals surface area contributed by atoms with Crippen LogP contribution in [0.5, 0.6) is 0 Å². The van der Waals surface area contributed by atoms with Crippen molar-refractivity contribution < 1.29 is 27.6 Å². The molecule has 0 bridgehead atoms. The molecule has 0 fully saturated rings. The van der Waals surface area contributed by atoms with Crippen molar-refractivity contribution in [3.05, 3.63) is 25.3 Å². The highest BCUT2D eigenvalue weighted by molar-refractivity contribution is 5.69. The zero-order valence-electron chi connectivity index (χ0n) is 12.0. The quantitative estimate of drug-likeness (QED) is 0.366. The van der Waals surface area contributed by atoms with Gasteiger partial charge in [-0.2, -0.15) is 0 Å². The van der Waals surface area contributed by atoms with E-state index in [1.807, 2.05) is 19.1 Å². The van der Waals surface area contributed by atoms with Crippen LogP contribution in [0.3, 0.4) is 0 Å². The first kappa shape index (κ1) is 20.5. The first-order chi connectivity index (χ1) is 8.65. The number of allylic oxidation sites excluding steroid dienone is 2. The maximum Gasteiger partial charge on any atom is 0.312 e. The van der Waals surface area contributed by atoms with Gasteiger partial charge >= 0.3 is 5.97 Å². The van der Waals surface area contributed by atoms with Gasteiger partial charge in [-0.25, -0.2) is 0 Å². The van der Waals surface area contributed by atoms with Crippen molar-refractivity contribution >= 4 is 5.97 Å². The molecular weight excluding hydrogens is 262 g/mol. The summed E-state index contributed by atoms with van der Waals surface area (Å²) >= 11 is 0. The van der Waals surface area contributed by atoms with E-state index in [1.54, 1.807) is 0 Å². The summed E-state index contributed by atoms with van der Waals surface area (Å²) in [5.74, 6) is -0.234. The van der Waals surface area contributed by atoms with Crippen molar-refractivity contribution in [1.82, 2.24) is 0 Å². The average Bonchev–Trinajstić information content (AvgIpc) is 2.33. The molecular formula is C15H28ClNO2. The summed E-state index contributed by atoms with van der Waals surface area (Å²) < 4.78 is 0. The molecule has 0 spiro atoms. The van der Waals surface area contributed by atoms with E-state index in [1.165, 1.54) is 6.42 Å². The lowest BCUT2D eigenvalue weighted by Crippen LogP contribution is -3.00. The van der Waals surface area contributed by atoms with Crippen molar-refractivity contribution in [3.63, 3.8) is 0 Å². The Balaban J connectivity index is 0. The van der Waals surface area contributed by atoms with Crippen LogP contribution in [0.2, 0.25) is 0 Å². The van der Waals surface area contributed by atoms with Crippen LogP contribution in [-0.4, -0.2) is 24.2 Å². The van der Waals surface area contributed by atoms with Crippen LogP contribution in [0.1, 0.15) is 39.0 Å². The van der Waals surface area contributed by atoms with E-state index in [0.717, 1.165) is 25.8 Å². The predicted octanol–water partition coefficient (Wildman–Crippen LogP) is -0.787. The third-order valence-electron chi connectivity index (χ3n) is 3.31. The summed E-state index contributed by atoms with van der Waals surface area (Å²) in [6, 6.07) is 0. The molecule has 19 heavy (non-hydrogen) atoms. The third-order valence-corrected chi connectivity index (χ3v) is 3.31. The molecule has 0 saturated carbocycles. The van der Waals surface area contributed by atoms with Crippen LogP contribution in [0.25, 0.3) is 0 Å². The highest BCUT2D eigenvalue weighted by Crippen LogP contribution is 2.15. The van der Waals surface area contributed by atoms with Crippen molar-refractivity contribution in [3.8, 4) is 0 Å². The fourth-order valence-corrected chi connectivity index (χ4v) is 2.12. The molecule has 3 nitrogen and oxygen atoms in total. The third kappa shape index (κ3) is 10.8. The van der Waals surface area contributed by atoms with Crippen LogP contribution < -0.4 is 17.7 Å². The number of rotatable bonds is 12. The molecule has 1 atom stereocenters. The number of carbonyl (C=O) groups is 1. The summed E-state index contributed by atoms with van der Waals surface area (Å²) in [6.07, 6.45) is 9.02. The van der Waals surface area contributed by atoms with Gasteiger partial charge in [-0.05, 0) is 38.0 Å². The van der Waals surface area contributed by atoms with E-state index in [9.17, 15) is 4.79 Å². The van der Waals surface area contributed by atoms with Crippen molar-refractivity contribution in [1.29, 1.82) is 0 Å². The number of hydrogen-bond acceptors (Lipinski definition) is 1. The Kier molecular flexibility index (Phi) is 14.7. The minimum absolute atomic E-state index is 0. The molecule has 0 aromatic heterocycles. The smallest absolute Gasteiger partial charge is 0.312 e. The maximum atomic E-state index is 10.8. The highest BCUT2D eigenvalue weighted by Gasteiger charge is 2.16. The predicted molar refractivity (Wildman–Crippen MR) is 75.4 cm³/mol. The molecule has 4 heteroatoms. The number of nitrogens with two attached hydrogens (primary N) is 1. The lowest BCUT2D eigenvalue weighted by atomic mass is 9.96. The molecule has 1 unspecified atom stereocenters. The number of quaternary nitrogens is 1. The van der Waals surface area contributed by atoms with Gasteiger partial charge in [0, 0.05) is 0 Å². The standard InChI is InChI=1S/C15H27NO2.ClH/c1-4-8-13(9-5-2)10-7-11-16-12-14(6-3)15(17)18;/h4-5,13-14,16H,1-2,6-12H2,3H3,(H,17,18);1H. The van der Waals surface area contributed by atoms with Crippen LogP contribution in [-0.2, 0) is 4.79 Å². The van der Waals surface area contributed by atoms with Gasteiger partial charge in [0.25, 0.3) is 0 Å². The molecule has 0 aromatic rings. The van der Waals surface area contributed by atoms with Gasteiger partial charge in [-0.15, -0.1) is 13.2 Å². The normalized spacial score (nSPS) is 11.7. The van der Waals surface area contributed by atoms with Gasteiger partial charge in [0.05, 0.1) is 13.1 Å². The Bertz CT molecular complexity index is 247. The van der Waals surface area contributed by atoms with Crippen LogP contribution in [0, 0.1) is 11.8 Å². The maximum absolute atomic E-state index is 10.8. The van der Waals surface area contributed by atoms with Crippen LogP contribution in [0.15, 0.2) is 25.3 Å². The molecule has 0 rings (SSSR count). The van der Waals surface area contributed by atoms with Crippen LogP contribution >= 0.6 is 0 Å². The van der Waals surface area contributed by atoms with Gasteiger partial charge in [-0.3, -0.25) is 4.79 Å². The van der Waals surface area contributed by atoms with E-state index < -0.39 is 5.97 Å². The average molecular weight is 290 g/mol. The molecule has 0 saturated heterocycles. The Morgan fingerprint density at radius 2 is 1.89 bits per heavy atom. The molecule has 0 heterocycles. The summed E-state index contributed by atoms with van der Waals surface area (Å²) in [5, 5.41) is 11.0. The number of aliphatic carboxylic acids is 1. The van der Waals surface area contributed by atoms with Crippen molar-refractivity contribution in [2.75, 3.05) is 13.1 Å². The number of carboxylic acids is 1. The lowest BCUT2D eigenvalue weighted by molar-refractivity contribution is -0.659.